The number of carbonyl (C=O) groups excluding carboxylic acids is 1. The van der Waals surface area contributed by atoms with E-state index < -0.39 is 0 Å². The van der Waals surface area contributed by atoms with Gasteiger partial charge in [-0.1, -0.05) is 5.21 Å². The number of aliphatic hydroxyl groups is 1. The average Bonchev–Trinajstić information content (AvgIpc) is 2.89. The van der Waals surface area contributed by atoms with E-state index in [0.717, 1.165) is 24.8 Å². The van der Waals surface area contributed by atoms with Gasteiger partial charge in [-0.15, -0.1) is 5.10 Å². The molecule has 0 amide bonds. The van der Waals surface area contributed by atoms with Crippen LogP contribution in [0.5, 0.6) is 0 Å². The molecule has 70 valence electrons. The normalized spacial score (nSPS) is 16.1. The van der Waals surface area contributed by atoms with Crippen molar-refractivity contribution in [3.63, 3.8) is 0 Å². The number of aldehydes is 1. The molecule has 1 N–H and O–H groups in total. The summed E-state index contributed by atoms with van der Waals surface area (Å²) in [5, 5.41) is 16.3. The molecule has 2 rings (SSSR count). The van der Waals surface area contributed by atoms with Crippen LogP contribution in [0, 0.1) is 0 Å². The lowest BCUT2D eigenvalue weighted by molar-refractivity contribution is 0.111. The summed E-state index contributed by atoms with van der Waals surface area (Å²) < 4.78 is 1.63. The third kappa shape index (κ3) is 1.47. The predicted octanol–water partition coefficient (Wildman–Crippen LogP) is -0.0397. The second-order valence-electron chi connectivity index (χ2n) is 3.20. The van der Waals surface area contributed by atoms with Crippen LogP contribution in [0.4, 0.5) is 0 Å². The van der Waals surface area contributed by atoms with Gasteiger partial charge < -0.3 is 5.11 Å². The summed E-state index contributed by atoms with van der Waals surface area (Å²) in [6.07, 6.45) is 2.92. The van der Waals surface area contributed by atoms with Crippen molar-refractivity contribution in [2.45, 2.75) is 25.3 Å². The van der Waals surface area contributed by atoms with Crippen LogP contribution in [0.1, 0.15) is 34.9 Å². The van der Waals surface area contributed by atoms with Crippen molar-refractivity contribution in [1.82, 2.24) is 15.0 Å². The van der Waals surface area contributed by atoms with E-state index in [0.29, 0.717) is 18.2 Å². The Morgan fingerprint density at radius 1 is 1.62 bits per heavy atom. The molecule has 1 aliphatic rings. The molecular weight excluding hydrogens is 170 g/mol. The maximum atomic E-state index is 10.6. The van der Waals surface area contributed by atoms with Crippen molar-refractivity contribution in [3.05, 3.63) is 11.4 Å². The minimum Gasteiger partial charge on any atom is -0.394 e. The molecule has 1 saturated carbocycles. The van der Waals surface area contributed by atoms with Crippen molar-refractivity contribution < 1.29 is 9.90 Å². The van der Waals surface area contributed by atoms with Gasteiger partial charge in [0.2, 0.25) is 0 Å². The summed E-state index contributed by atoms with van der Waals surface area (Å²) in [6.45, 7) is 0.452. The van der Waals surface area contributed by atoms with E-state index in [-0.39, 0.29) is 6.61 Å². The van der Waals surface area contributed by atoms with Gasteiger partial charge in [0.1, 0.15) is 5.69 Å². The number of rotatable bonds is 4. The summed E-state index contributed by atoms with van der Waals surface area (Å²) in [5.41, 5.74) is 1.32. The first-order valence-corrected chi connectivity index (χ1v) is 4.36. The van der Waals surface area contributed by atoms with E-state index in [4.69, 9.17) is 5.11 Å². The van der Waals surface area contributed by atoms with Crippen LogP contribution >= 0.6 is 0 Å². The summed E-state index contributed by atoms with van der Waals surface area (Å²) in [6, 6.07) is 0. The molecule has 0 aliphatic heterocycles. The summed E-state index contributed by atoms with van der Waals surface area (Å²) in [4.78, 5) is 10.6. The standard InChI is InChI=1S/C8H11N3O2/c12-4-3-11-8(6-1-2-6)7(5-13)9-10-11/h5-6,12H,1-4H2. The molecule has 5 heteroatoms. The monoisotopic (exact) mass is 181 g/mol. The zero-order valence-electron chi connectivity index (χ0n) is 7.18. The van der Waals surface area contributed by atoms with E-state index in [9.17, 15) is 4.79 Å². The lowest BCUT2D eigenvalue weighted by atomic mass is 10.2. The maximum absolute atomic E-state index is 10.6. The number of hydrogen-bond donors (Lipinski definition) is 1. The van der Waals surface area contributed by atoms with Crippen LogP contribution in [-0.4, -0.2) is 33.0 Å². The predicted molar refractivity (Wildman–Crippen MR) is 44.5 cm³/mol. The largest absolute Gasteiger partial charge is 0.394 e. The number of hydrogen-bond acceptors (Lipinski definition) is 4. The molecular formula is C8H11N3O2. The van der Waals surface area contributed by atoms with Crippen LogP contribution in [0.2, 0.25) is 0 Å². The minimum absolute atomic E-state index is 0.0291. The van der Waals surface area contributed by atoms with Gasteiger partial charge in [0.05, 0.1) is 18.8 Å². The minimum atomic E-state index is 0.0291. The molecule has 1 aromatic rings. The summed E-state index contributed by atoms with van der Waals surface area (Å²) in [7, 11) is 0. The summed E-state index contributed by atoms with van der Waals surface area (Å²) in [5.74, 6) is 0.432. The Balaban J connectivity index is 2.32. The molecule has 0 bridgehead atoms. The highest BCUT2D eigenvalue weighted by atomic mass is 16.3. The smallest absolute Gasteiger partial charge is 0.172 e. The lowest BCUT2D eigenvalue weighted by Gasteiger charge is -2.01. The van der Waals surface area contributed by atoms with Gasteiger partial charge in [-0.2, -0.15) is 0 Å². The van der Waals surface area contributed by atoms with Crippen molar-refractivity contribution in [3.8, 4) is 0 Å². The van der Waals surface area contributed by atoms with Crippen molar-refractivity contribution in [2.24, 2.45) is 0 Å². The van der Waals surface area contributed by atoms with E-state index in [1.54, 1.807) is 4.68 Å². The Morgan fingerprint density at radius 2 is 2.38 bits per heavy atom. The molecule has 1 fully saturated rings. The van der Waals surface area contributed by atoms with Crippen molar-refractivity contribution in [1.29, 1.82) is 0 Å². The lowest BCUT2D eigenvalue weighted by Crippen LogP contribution is -2.08. The molecule has 1 heterocycles. The Kier molecular flexibility index (Phi) is 2.10. The highest BCUT2D eigenvalue weighted by Gasteiger charge is 2.30. The zero-order valence-corrected chi connectivity index (χ0v) is 7.18. The van der Waals surface area contributed by atoms with Gasteiger partial charge in [0.25, 0.3) is 0 Å². The number of aliphatic hydroxyl groups excluding tert-OH is 1. The number of carbonyl (C=O) groups is 1. The molecule has 5 nitrogen and oxygen atoms in total. The van der Waals surface area contributed by atoms with Gasteiger partial charge in [-0.25, -0.2) is 4.68 Å². The van der Waals surface area contributed by atoms with Crippen LogP contribution in [0.15, 0.2) is 0 Å². The Hall–Kier alpha value is -1.23. The summed E-state index contributed by atoms with van der Waals surface area (Å²) >= 11 is 0. The third-order valence-electron chi connectivity index (χ3n) is 2.19. The van der Waals surface area contributed by atoms with E-state index in [1.807, 2.05) is 0 Å². The van der Waals surface area contributed by atoms with Crippen LogP contribution in [0.25, 0.3) is 0 Å². The fourth-order valence-electron chi connectivity index (χ4n) is 1.45. The maximum Gasteiger partial charge on any atom is 0.172 e. The van der Waals surface area contributed by atoms with Crippen molar-refractivity contribution >= 4 is 6.29 Å². The first kappa shape index (κ1) is 8.37. The average molecular weight is 181 g/mol. The van der Waals surface area contributed by atoms with Gasteiger partial charge in [-0.3, -0.25) is 4.79 Å². The highest BCUT2D eigenvalue weighted by Crippen LogP contribution is 2.40. The topological polar surface area (TPSA) is 68.0 Å². The van der Waals surface area contributed by atoms with Crippen LogP contribution < -0.4 is 0 Å². The Bertz CT molecular complexity index is 317. The molecule has 1 aliphatic carbocycles. The van der Waals surface area contributed by atoms with E-state index in [2.05, 4.69) is 10.3 Å². The first-order chi connectivity index (χ1) is 6.36. The van der Waals surface area contributed by atoms with Gasteiger partial charge in [-0.05, 0) is 12.8 Å². The van der Waals surface area contributed by atoms with Crippen molar-refractivity contribution in [2.75, 3.05) is 6.61 Å². The quantitative estimate of drug-likeness (QED) is 0.662. The fourth-order valence-corrected chi connectivity index (χ4v) is 1.45. The highest BCUT2D eigenvalue weighted by molar-refractivity contribution is 5.73. The Morgan fingerprint density at radius 3 is 2.92 bits per heavy atom. The van der Waals surface area contributed by atoms with Gasteiger partial charge >= 0.3 is 0 Å². The molecule has 0 atom stereocenters. The van der Waals surface area contributed by atoms with Crippen LogP contribution in [0.3, 0.4) is 0 Å². The third-order valence-corrected chi connectivity index (χ3v) is 2.19. The second-order valence-corrected chi connectivity index (χ2v) is 3.20. The molecule has 13 heavy (non-hydrogen) atoms. The zero-order chi connectivity index (χ0) is 9.26. The molecule has 0 radical (unpaired) electrons. The number of nitrogens with zero attached hydrogens (tertiary/aromatic N) is 3. The number of aromatic nitrogens is 3. The molecule has 0 spiro atoms. The molecule has 0 saturated heterocycles. The second kappa shape index (κ2) is 3.26. The van der Waals surface area contributed by atoms with E-state index >= 15 is 0 Å². The molecule has 1 aromatic heterocycles. The van der Waals surface area contributed by atoms with Gasteiger partial charge in [0, 0.05) is 5.92 Å². The first-order valence-electron chi connectivity index (χ1n) is 4.36. The van der Waals surface area contributed by atoms with E-state index in [1.165, 1.54) is 0 Å². The van der Waals surface area contributed by atoms with Crippen LogP contribution in [-0.2, 0) is 6.54 Å². The molecule has 0 unspecified atom stereocenters. The SMILES string of the molecule is O=Cc1nnn(CCO)c1C1CC1. The molecule has 0 aromatic carbocycles. The Labute approximate surface area is 75.4 Å². The fraction of sp³-hybridized carbons (Fsp3) is 0.625. The van der Waals surface area contributed by atoms with Gasteiger partial charge in [0.15, 0.2) is 6.29 Å².